The van der Waals surface area contributed by atoms with Crippen molar-refractivity contribution >= 4 is 0 Å². The highest BCUT2D eigenvalue weighted by Crippen LogP contribution is 2.21. The third-order valence-electron chi connectivity index (χ3n) is 2.44. The van der Waals surface area contributed by atoms with E-state index < -0.39 is 5.60 Å². The summed E-state index contributed by atoms with van der Waals surface area (Å²) in [5.41, 5.74) is -0.869. The standard InChI is InChI=1S/C10H18O3/c1-9-10(11,8-12-2)6-4-3-5-7-13-9/h3-4,9,11H,5-8H2,1-2H3/b4-3-/t9-,10-/m1/s1. The van der Waals surface area contributed by atoms with E-state index in [4.69, 9.17) is 9.47 Å². The number of hydrogen-bond donors (Lipinski definition) is 1. The summed E-state index contributed by atoms with van der Waals surface area (Å²) in [4.78, 5) is 0. The molecule has 0 aromatic carbocycles. The first-order chi connectivity index (χ1) is 6.19. The van der Waals surface area contributed by atoms with Gasteiger partial charge in [0.2, 0.25) is 0 Å². The van der Waals surface area contributed by atoms with Gasteiger partial charge in [-0.15, -0.1) is 0 Å². The van der Waals surface area contributed by atoms with Crippen LogP contribution < -0.4 is 0 Å². The molecule has 13 heavy (non-hydrogen) atoms. The van der Waals surface area contributed by atoms with Gasteiger partial charge in [0.25, 0.3) is 0 Å². The second kappa shape index (κ2) is 4.74. The minimum atomic E-state index is -0.869. The number of methoxy groups -OCH3 is 1. The molecule has 1 rings (SSSR count). The Balaban J connectivity index is 2.64. The molecule has 0 spiro atoms. The maximum Gasteiger partial charge on any atom is 0.117 e. The quantitative estimate of drug-likeness (QED) is 0.657. The molecule has 0 aromatic rings. The average Bonchev–Trinajstić information content (AvgIpc) is 2.09. The molecule has 0 fully saturated rings. The molecule has 1 N–H and O–H groups in total. The first-order valence-electron chi connectivity index (χ1n) is 4.67. The topological polar surface area (TPSA) is 38.7 Å². The fraction of sp³-hybridized carbons (Fsp3) is 0.800. The lowest BCUT2D eigenvalue weighted by Crippen LogP contribution is -2.46. The maximum absolute atomic E-state index is 10.1. The third-order valence-corrected chi connectivity index (χ3v) is 2.44. The van der Waals surface area contributed by atoms with E-state index in [2.05, 4.69) is 0 Å². The van der Waals surface area contributed by atoms with Gasteiger partial charge in [0.1, 0.15) is 5.60 Å². The zero-order valence-electron chi connectivity index (χ0n) is 8.32. The van der Waals surface area contributed by atoms with E-state index in [0.717, 1.165) is 6.42 Å². The van der Waals surface area contributed by atoms with E-state index in [-0.39, 0.29) is 6.10 Å². The van der Waals surface area contributed by atoms with Crippen molar-refractivity contribution in [3.05, 3.63) is 12.2 Å². The van der Waals surface area contributed by atoms with E-state index in [1.165, 1.54) is 0 Å². The molecule has 2 atom stereocenters. The molecule has 0 saturated carbocycles. The van der Waals surface area contributed by atoms with Crippen LogP contribution >= 0.6 is 0 Å². The van der Waals surface area contributed by atoms with Gasteiger partial charge in [0, 0.05) is 7.11 Å². The number of hydrogen-bond acceptors (Lipinski definition) is 3. The molecular weight excluding hydrogens is 168 g/mol. The predicted octanol–water partition coefficient (Wildman–Crippen LogP) is 1.12. The van der Waals surface area contributed by atoms with E-state index in [1.807, 2.05) is 19.1 Å². The van der Waals surface area contributed by atoms with Crippen LogP contribution in [0.3, 0.4) is 0 Å². The van der Waals surface area contributed by atoms with Gasteiger partial charge in [0.05, 0.1) is 19.3 Å². The van der Waals surface area contributed by atoms with Crippen molar-refractivity contribution in [1.29, 1.82) is 0 Å². The lowest BCUT2D eigenvalue weighted by atomic mass is 9.93. The fourth-order valence-corrected chi connectivity index (χ4v) is 1.47. The molecule has 0 unspecified atom stereocenters. The second-order valence-corrected chi connectivity index (χ2v) is 3.51. The average molecular weight is 186 g/mol. The third kappa shape index (κ3) is 2.79. The summed E-state index contributed by atoms with van der Waals surface area (Å²) in [6, 6.07) is 0. The molecule has 1 heterocycles. The van der Waals surface area contributed by atoms with Crippen molar-refractivity contribution in [2.24, 2.45) is 0 Å². The Morgan fingerprint density at radius 2 is 2.38 bits per heavy atom. The molecule has 1 aliphatic rings. The van der Waals surface area contributed by atoms with Crippen molar-refractivity contribution in [3.8, 4) is 0 Å². The Morgan fingerprint density at radius 3 is 3.08 bits per heavy atom. The highest BCUT2D eigenvalue weighted by Gasteiger charge is 2.33. The highest BCUT2D eigenvalue weighted by molar-refractivity contribution is 4.96. The van der Waals surface area contributed by atoms with Crippen LogP contribution in [0.25, 0.3) is 0 Å². The van der Waals surface area contributed by atoms with Crippen LogP contribution in [0, 0.1) is 0 Å². The first kappa shape index (κ1) is 10.7. The van der Waals surface area contributed by atoms with Crippen molar-refractivity contribution < 1.29 is 14.6 Å². The van der Waals surface area contributed by atoms with Gasteiger partial charge in [-0.25, -0.2) is 0 Å². The van der Waals surface area contributed by atoms with Crippen LogP contribution in [0.15, 0.2) is 12.2 Å². The molecule has 0 aliphatic carbocycles. The molecule has 76 valence electrons. The Bertz CT molecular complexity index is 179. The van der Waals surface area contributed by atoms with Crippen LogP contribution in [-0.4, -0.2) is 37.1 Å². The number of ether oxygens (including phenoxy) is 2. The van der Waals surface area contributed by atoms with Crippen molar-refractivity contribution in [2.75, 3.05) is 20.3 Å². The summed E-state index contributed by atoms with van der Waals surface area (Å²) in [6.07, 6.45) is 5.39. The second-order valence-electron chi connectivity index (χ2n) is 3.51. The predicted molar refractivity (Wildman–Crippen MR) is 50.6 cm³/mol. The normalized spacial score (nSPS) is 37.9. The summed E-state index contributed by atoms with van der Waals surface area (Å²) >= 11 is 0. The molecule has 3 heteroatoms. The van der Waals surface area contributed by atoms with Crippen molar-refractivity contribution in [2.45, 2.75) is 31.5 Å². The maximum atomic E-state index is 10.1. The molecule has 3 nitrogen and oxygen atoms in total. The zero-order chi connectivity index (χ0) is 9.73. The molecule has 0 aromatic heterocycles. The largest absolute Gasteiger partial charge is 0.384 e. The van der Waals surface area contributed by atoms with Gasteiger partial charge in [-0.1, -0.05) is 12.2 Å². The van der Waals surface area contributed by atoms with Crippen LogP contribution in [0.4, 0.5) is 0 Å². The molecule has 0 saturated heterocycles. The minimum Gasteiger partial charge on any atom is -0.384 e. The van der Waals surface area contributed by atoms with E-state index in [0.29, 0.717) is 19.6 Å². The minimum absolute atomic E-state index is 0.169. The Morgan fingerprint density at radius 1 is 1.62 bits per heavy atom. The Kier molecular flexibility index (Phi) is 3.90. The zero-order valence-corrected chi connectivity index (χ0v) is 8.32. The Labute approximate surface area is 79.3 Å². The van der Waals surface area contributed by atoms with Gasteiger partial charge in [-0.3, -0.25) is 0 Å². The van der Waals surface area contributed by atoms with Crippen LogP contribution in [0.1, 0.15) is 19.8 Å². The SMILES string of the molecule is COC[C@]1(O)C/C=C\CCO[C@@H]1C. The summed E-state index contributed by atoms with van der Waals surface area (Å²) in [6.45, 7) is 2.88. The van der Waals surface area contributed by atoms with Gasteiger partial charge < -0.3 is 14.6 Å². The van der Waals surface area contributed by atoms with Crippen LogP contribution in [0.5, 0.6) is 0 Å². The van der Waals surface area contributed by atoms with E-state index >= 15 is 0 Å². The van der Waals surface area contributed by atoms with Crippen LogP contribution in [0.2, 0.25) is 0 Å². The van der Waals surface area contributed by atoms with Gasteiger partial charge in [-0.2, -0.15) is 0 Å². The molecule has 1 aliphatic heterocycles. The smallest absolute Gasteiger partial charge is 0.117 e. The monoisotopic (exact) mass is 186 g/mol. The molecule has 0 bridgehead atoms. The number of aliphatic hydroxyl groups is 1. The first-order valence-corrected chi connectivity index (χ1v) is 4.67. The number of rotatable bonds is 2. The molecule has 0 amide bonds. The summed E-state index contributed by atoms with van der Waals surface area (Å²) in [7, 11) is 1.59. The molecular formula is C10H18O3. The van der Waals surface area contributed by atoms with Gasteiger partial charge in [0.15, 0.2) is 0 Å². The highest BCUT2D eigenvalue weighted by atomic mass is 16.5. The fourth-order valence-electron chi connectivity index (χ4n) is 1.47. The van der Waals surface area contributed by atoms with E-state index in [1.54, 1.807) is 7.11 Å². The van der Waals surface area contributed by atoms with Gasteiger partial charge in [-0.05, 0) is 19.8 Å². The summed E-state index contributed by atoms with van der Waals surface area (Å²) in [5.74, 6) is 0. The van der Waals surface area contributed by atoms with Gasteiger partial charge >= 0.3 is 0 Å². The lowest BCUT2D eigenvalue weighted by Gasteiger charge is -2.33. The summed E-state index contributed by atoms with van der Waals surface area (Å²) < 4.78 is 10.5. The van der Waals surface area contributed by atoms with Crippen LogP contribution in [-0.2, 0) is 9.47 Å². The molecule has 0 radical (unpaired) electrons. The van der Waals surface area contributed by atoms with Crippen molar-refractivity contribution in [3.63, 3.8) is 0 Å². The lowest BCUT2D eigenvalue weighted by molar-refractivity contribution is -0.130. The summed E-state index contributed by atoms with van der Waals surface area (Å²) in [5, 5.41) is 10.1. The van der Waals surface area contributed by atoms with Crippen molar-refractivity contribution in [1.82, 2.24) is 0 Å². The Hall–Kier alpha value is -0.380. The van der Waals surface area contributed by atoms with E-state index in [9.17, 15) is 5.11 Å².